The van der Waals surface area contributed by atoms with E-state index in [1.807, 2.05) is 24.3 Å². The predicted octanol–water partition coefficient (Wildman–Crippen LogP) is 4.32. The summed E-state index contributed by atoms with van der Waals surface area (Å²) in [5.74, 6) is -0.0181. The highest BCUT2D eigenvalue weighted by Crippen LogP contribution is 2.35. The van der Waals surface area contributed by atoms with Crippen LogP contribution in [0.3, 0.4) is 0 Å². The number of ether oxygens (including phenoxy) is 2. The maximum atomic E-state index is 12.1. The number of anilines is 1. The molecule has 122 valence electrons. The lowest BCUT2D eigenvalue weighted by atomic mass is 10.0. The summed E-state index contributed by atoms with van der Waals surface area (Å²) >= 11 is 3.39. The largest absolute Gasteiger partial charge is 0.465 e. The summed E-state index contributed by atoms with van der Waals surface area (Å²) in [4.78, 5) is 25.2. The van der Waals surface area contributed by atoms with Gasteiger partial charge in [-0.25, -0.2) is 9.59 Å². The third kappa shape index (κ3) is 3.05. The number of nitrogens with zero attached hydrogens (tertiary/aromatic N) is 1. The van der Waals surface area contributed by atoms with Crippen molar-refractivity contribution in [3.63, 3.8) is 0 Å². The van der Waals surface area contributed by atoms with Crippen LogP contribution in [0.15, 0.2) is 46.9 Å². The van der Waals surface area contributed by atoms with Crippen LogP contribution in [0, 0.1) is 0 Å². The van der Waals surface area contributed by atoms with Crippen LogP contribution in [0.25, 0.3) is 11.8 Å². The van der Waals surface area contributed by atoms with Gasteiger partial charge in [0.05, 0.1) is 18.4 Å². The molecule has 0 aromatic heterocycles. The van der Waals surface area contributed by atoms with Crippen molar-refractivity contribution in [2.75, 3.05) is 19.1 Å². The summed E-state index contributed by atoms with van der Waals surface area (Å²) in [7, 11) is 2.91. The van der Waals surface area contributed by atoms with E-state index < -0.39 is 12.1 Å². The number of benzene rings is 2. The van der Waals surface area contributed by atoms with Gasteiger partial charge in [0.25, 0.3) is 0 Å². The Morgan fingerprint density at radius 1 is 1.21 bits per heavy atom. The van der Waals surface area contributed by atoms with Gasteiger partial charge in [-0.3, -0.25) is 4.90 Å². The number of fused-ring (bicyclic) bond motifs is 1. The summed E-state index contributed by atoms with van der Waals surface area (Å²) in [5.41, 5.74) is 2.60. The third-order valence-corrected chi connectivity index (χ3v) is 4.21. The Bertz CT molecular complexity index is 843. The van der Waals surface area contributed by atoms with E-state index in [4.69, 9.17) is 9.47 Å². The molecule has 0 bridgehead atoms. The van der Waals surface area contributed by atoms with Gasteiger partial charge in [-0.2, -0.15) is 0 Å². The second-order valence-corrected chi connectivity index (χ2v) is 6.13. The molecule has 2 aromatic rings. The summed E-state index contributed by atoms with van der Waals surface area (Å²) in [6.45, 7) is 0. The van der Waals surface area contributed by atoms with E-state index in [-0.39, 0.29) is 0 Å². The Balaban J connectivity index is 2.08. The first-order valence-electron chi connectivity index (χ1n) is 7.15. The quantitative estimate of drug-likeness (QED) is 0.720. The molecule has 0 atom stereocenters. The molecule has 1 amide bonds. The van der Waals surface area contributed by atoms with Crippen molar-refractivity contribution in [1.29, 1.82) is 0 Å². The number of carbonyl (C=O) groups is 2. The molecular weight excluding hydrogens is 374 g/mol. The zero-order chi connectivity index (χ0) is 17.3. The molecule has 0 N–H and O–H groups in total. The number of cyclic esters (lactones) is 1. The van der Waals surface area contributed by atoms with Crippen LogP contribution in [0.4, 0.5) is 10.5 Å². The van der Waals surface area contributed by atoms with Gasteiger partial charge < -0.3 is 9.47 Å². The van der Waals surface area contributed by atoms with E-state index in [0.29, 0.717) is 17.0 Å². The molecule has 0 radical (unpaired) electrons. The average molecular weight is 388 g/mol. The number of hydrogen-bond acceptors (Lipinski definition) is 4. The lowest BCUT2D eigenvalue weighted by Gasteiger charge is -2.27. The predicted molar refractivity (Wildman–Crippen MR) is 94.7 cm³/mol. The van der Waals surface area contributed by atoms with Crippen molar-refractivity contribution < 1.29 is 19.1 Å². The van der Waals surface area contributed by atoms with Crippen molar-refractivity contribution >= 4 is 45.5 Å². The van der Waals surface area contributed by atoms with Crippen LogP contribution >= 0.6 is 15.9 Å². The minimum Gasteiger partial charge on any atom is -0.465 e. The molecule has 0 saturated carbocycles. The SMILES string of the molecule is COC(=O)c1ccc2c(c1)N(C)C(=O)O/C2=C\c1ccc(Br)cc1. The topological polar surface area (TPSA) is 55.8 Å². The van der Waals surface area contributed by atoms with E-state index in [9.17, 15) is 9.59 Å². The summed E-state index contributed by atoms with van der Waals surface area (Å²) in [5, 5.41) is 0. The van der Waals surface area contributed by atoms with E-state index >= 15 is 0 Å². The van der Waals surface area contributed by atoms with Gasteiger partial charge in [0.15, 0.2) is 0 Å². The maximum Gasteiger partial charge on any atom is 0.419 e. The fourth-order valence-electron chi connectivity index (χ4n) is 2.40. The molecule has 24 heavy (non-hydrogen) atoms. The highest BCUT2D eigenvalue weighted by Gasteiger charge is 2.27. The zero-order valence-corrected chi connectivity index (χ0v) is 14.7. The third-order valence-electron chi connectivity index (χ3n) is 3.68. The summed E-state index contributed by atoms with van der Waals surface area (Å²) < 4.78 is 11.1. The number of halogens is 1. The lowest BCUT2D eigenvalue weighted by molar-refractivity contribution is 0.0600. The number of rotatable bonds is 2. The summed E-state index contributed by atoms with van der Waals surface area (Å²) in [6.07, 6.45) is 1.28. The van der Waals surface area contributed by atoms with Crippen LogP contribution in [-0.4, -0.2) is 26.2 Å². The van der Waals surface area contributed by atoms with E-state index in [0.717, 1.165) is 15.6 Å². The van der Waals surface area contributed by atoms with Crippen molar-refractivity contribution in [2.45, 2.75) is 0 Å². The Kier molecular flexibility index (Phi) is 4.40. The Morgan fingerprint density at radius 3 is 2.58 bits per heavy atom. The molecule has 6 heteroatoms. The number of hydrogen-bond donors (Lipinski definition) is 0. The molecule has 0 spiro atoms. The molecule has 3 rings (SSSR count). The maximum absolute atomic E-state index is 12.1. The van der Waals surface area contributed by atoms with Crippen LogP contribution < -0.4 is 4.90 Å². The minimum atomic E-state index is -0.507. The van der Waals surface area contributed by atoms with Crippen LogP contribution in [0.1, 0.15) is 21.5 Å². The van der Waals surface area contributed by atoms with Crippen LogP contribution in [0.2, 0.25) is 0 Å². The molecule has 0 saturated heterocycles. The van der Waals surface area contributed by atoms with Gasteiger partial charge in [0.2, 0.25) is 0 Å². The first-order valence-corrected chi connectivity index (χ1v) is 7.94. The zero-order valence-electron chi connectivity index (χ0n) is 13.1. The molecule has 1 aliphatic heterocycles. The molecule has 5 nitrogen and oxygen atoms in total. The molecule has 0 fully saturated rings. The normalized spacial score (nSPS) is 15.0. The van der Waals surface area contributed by atoms with Crippen molar-refractivity contribution in [2.24, 2.45) is 0 Å². The molecule has 1 aliphatic rings. The number of methoxy groups -OCH3 is 1. The Labute approximate surface area is 147 Å². The van der Waals surface area contributed by atoms with E-state index in [1.165, 1.54) is 12.0 Å². The molecule has 0 aliphatic carbocycles. The van der Waals surface area contributed by atoms with Gasteiger partial charge in [0, 0.05) is 17.1 Å². The van der Waals surface area contributed by atoms with Gasteiger partial charge in [-0.05, 0) is 42.0 Å². The second kappa shape index (κ2) is 6.49. The lowest BCUT2D eigenvalue weighted by Crippen LogP contribution is -2.31. The first kappa shape index (κ1) is 16.3. The molecule has 0 unspecified atom stereocenters. The van der Waals surface area contributed by atoms with E-state index in [1.54, 1.807) is 31.3 Å². The minimum absolute atomic E-state index is 0.376. The van der Waals surface area contributed by atoms with Gasteiger partial charge >= 0.3 is 12.1 Å². The number of carbonyl (C=O) groups excluding carboxylic acids is 2. The monoisotopic (exact) mass is 387 g/mol. The van der Waals surface area contributed by atoms with E-state index in [2.05, 4.69) is 15.9 Å². The van der Waals surface area contributed by atoms with Gasteiger partial charge in [-0.15, -0.1) is 0 Å². The van der Waals surface area contributed by atoms with Crippen molar-refractivity contribution in [3.8, 4) is 0 Å². The number of esters is 1. The highest BCUT2D eigenvalue weighted by atomic mass is 79.9. The second-order valence-electron chi connectivity index (χ2n) is 5.21. The highest BCUT2D eigenvalue weighted by molar-refractivity contribution is 9.10. The molecule has 2 aromatic carbocycles. The molecule has 1 heterocycles. The number of amides is 1. The van der Waals surface area contributed by atoms with Crippen LogP contribution in [0.5, 0.6) is 0 Å². The smallest absolute Gasteiger partial charge is 0.419 e. The van der Waals surface area contributed by atoms with Crippen molar-refractivity contribution in [1.82, 2.24) is 0 Å². The van der Waals surface area contributed by atoms with Gasteiger partial charge in [-0.1, -0.05) is 28.1 Å². The molecular formula is C18H14BrNO4. The average Bonchev–Trinajstić information content (AvgIpc) is 2.60. The standard InChI is InChI=1S/C18H14BrNO4/c1-20-15-10-12(17(21)23-2)5-8-14(15)16(24-18(20)22)9-11-3-6-13(19)7-4-11/h3-10H,1-2H3/b16-9-. The fraction of sp³-hybridized carbons (Fsp3) is 0.111. The first-order chi connectivity index (χ1) is 11.5. The Hall–Kier alpha value is -2.60. The van der Waals surface area contributed by atoms with Gasteiger partial charge in [0.1, 0.15) is 5.76 Å². The summed E-state index contributed by atoms with van der Waals surface area (Å²) in [6, 6.07) is 12.6. The fourth-order valence-corrected chi connectivity index (χ4v) is 2.66. The van der Waals surface area contributed by atoms with Crippen LogP contribution in [-0.2, 0) is 9.47 Å². The van der Waals surface area contributed by atoms with Crippen molar-refractivity contribution in [3.05, 3.63) is 63.6 Å². The Morgan fingerprint density at radius 2 is 1.92 bits per heavy atom.